The van der Waals surface area contributed by atoms with Crippen LogP contribution in [-0.2, 0) is 10.3 Å². The van der Waals surface area contributed by atoms with Crippen molar-refractivity contribution in [3.8, 4) is 0 Å². The molecule has 1 N–H and O–H groups in total. The van der Waals surface area contributed by atoms with E-state index in [9.17, 15) is 9.59 Å². The molecule has 132 valence electrons. The maximum atomic E-state index is 13.1. The van der Waals surface area contributed by atoms with Crippen molar-refractivity contribution >= 4 is 11.8 Å². The third-order valence-corrected chi connectivity index (χ3v) is 4.39. The molecule has 1 saturated heterocycles. The number of carbonyl (C=O) groups excluding carboxylic acids is 2. The summed E-state index contributed by atoms with van der Waals surface area (Å²) >= 11 is 0. The Morgan fingerprint density at radius 2 is 1.96 bits per heavy atom. The Labute approximate surface area is 147 Å². The van der Waals surface area contributed by atoms with Crippen molar-refractivity contribution in [1.29, 1.82) is 0 Å². The molecule has 0 saturated carbocycles. The highest BCUT2D eigenvalue weighted by atomic mass is 16.2. The van der Waals surface area contributed by atoms with Gasteiger partial charge in [-0.05, 0) is 26.3 Å². The van der Waals surface area contributed by atoms with Gasteiger partial charge in [0.2, 0.25) is 5.91 Å². The van der Waals surface area contributed by atoms with Crippen molar-refractivity contribution in [2.45, 2.75) is 38.8 Å². The quantitative estimate of drug-likeness (QED) is 0.912. The third-order valence-electron chi connectivity index (χ3n) is 4.39. The van der Waals surface area contributed by atoms with E-state index >= 15 is 0 Å². The Morgan fingerprint density at radius 1 is 1.24 bits per heavy atom. The maximum Gasteiger partial charge on any atom is 0.257 e. The van der Waals surface area contributed by atoms with E-state index in [4.69, 9.17) is 0 Å². The fraction of sp³-hybridized carbons (Fsp3) is 0.421. The second kappa shape index (κ2) is 6.70. The van der Waals surface area contributed by atoms with Gasteiger partial charge in [0.25, 0.3) is 5.91 Å². The summed E-state index contributed by atoms with van der Waals surface area (Å²) in [6, 6.07) is 9.44. The molecule has 2 amide bonds. The first-order chi connectivity index (χ1) is 11.9. The molecule has 0 radical (unpaired) electrons. The molecule has 0 bridgehead atoms. The smallest absolute Gasteiger partial charge is 0.257 e. The molecule has 1 fully saturated rings. The van der Waals surface area contributed by atoms with Crippen molar-refractivity contribution in [2.24, 2.45) is 0 Å². The fourth-order valence-corrected chi connectivity index (χ4v) is 3.01. The second-order valence-corrected chi connectivity index (χ2v) is 7.32. The first-order valence-corrected chi connectivity index (χ1v) is 8.54. The van der Waals surface area contributed by atoms with Crippen LogP contribution in [0.25, 0.3) is 0 Å². The van der Waals surface area contributed by atoms with E-state index in [2.05, 4.69) is 10.4 Å². The predicted molar refractivity (Wildman–Crippen MR) is 95.1 cm³/mol. The summed E-state index contributed by atoms with van der Waals surface area (Å²) in [5.41, 5.74) is 1.33. The number of amides is 2. The molecule has 1 aromatic carbocycles. The van der Waals surface area contributed by atoms with Crippen LogP contribution in [0.2, 0.25) is 0 Å². The minimum Gasteiger partial charge on any atom is -0.354 e. The molecule has 6 heteroatoms. The highest BCUT2D eigenvalue weighted by Gasteiger charge is 2.31. The highest BCUT2D eigenvalue weighted by molar-refractivity contribution is 5.94. The van der Waals surface area contributed by atoms with E-state index in [1.165, 1.54) is 0 Å². The van der Waals surface area contributed by atoms with Gasteiger partial charge in [-0.25, -0.2) is 0 Å². The molecule has 6 nitrogen and oxygen atoms in total. The van der Waals surface area contributed by atoms with Gasteiger partial charge >= 0.3 is 0 Å². The highest BCUT2D eigenvalue weighted by Crippen LogP contribution is 2.27. The Bertz CT molecular complexity index is 761. The van der Waals surface area contributed by atoms with Crippen molar-refractivity contribution < 1.29 is 9.59 Å². The van der Waals surface area contributed by atoms with E-state index < -0.39 is 0 Å². The third kappa shape index (κ3) is 3.73. The normalized spacial score (nSPS) is 18.6. The Morgan fingerprint density at radius 3 is 2.60 bits per heavy atom. The molecule has 2 aromatic rings. The Balaban J connectivity index is 1.92. The summed E-state index contributed by atoms with van der Waals surface area (Å²) in [6.45, 7) is 7.05. The zero-order valence-electron chi connectivity index (χ0n) is 14.9. The van der Waals surface area contributed by atoms with Crippen LogP contribution in [0.3, 0.4) is 0 Å². The lowest BCUT2D eigenvalue weighted by atomic mass is 10.0. The SMILES string of the molecule is CC(C)(C)n1cc(C(=O)N2CCNC(=O)CC2c2ccccc2)cn1. The molecular formula is C19H24N4O2. The average molecular weight is 340 g/mol. The molecule has 1 aromatic heterocycles. The summed E-state index contributed by atoms with van der Waals surface area (Å²) in [5, 5.41) is 7.18. The van der Waals surface area contributed by atoms with Gasteiger partial charge in [0, 0.05) is 19.3 Å². The van der Waals surface area contributed by atoms with Gasteiger partial charge in [-0.1, -0.05) is 30.3 Å². The van der Waals surface area contributed by atoms with E-state index in [0.29, 0.717) is 18.7 Å². The minimum atomic E-state index is -0.269. The lowest BCUT2D eigenvalue weighted by Crippen LogP contribution is -2.36. The molecule has 3 rings (SSSR count). The first-order valence-electron chi connectivity index (χ1n) is 8.54. The Kier molecular flexibility index (Phi) is 4.61. The van der Waals surface area contributed by atoms with Crippen molar-refractivity contribution in [1.82, 2.24) is 20.0 Å². The van der Waals surface area contributed by atoms with Gasteiger partial charge in [-0.15, -0.1) is 0 Å². The molecule has 1 atom stereocenters. The van der Waals surface area contributed by atoms with Crippen LogP contribution in [0.4, 0.5) is 0 Å². The predicted octanol–water partition coefficient (Wildman–Crippen LogP) is 2.34. The van der Waals surface area contributed by atoms with Crippen LogP contribution in [-0.4, -0.2) is 39.6 Å². The number of rotatable bonds is 2. The number of hydrogen-bond acceptors (Lipinski definition) is 3. The lowest BCUT2D eigenvalue weighted by molar-refractivity contribution is -0.121. The summed E-state index contributed by atoms with van der Waals surface area (Å²) in [7, 11) is 0. The van der Waals surface area contributed by atoms with Gasteiger partial charge in [-0.2, -0.15) is 5.10 Å². The molecule has 0 aliphatic carbocycles. The van der Waals surface area contributed by atoms with E-state index in [0.717, 1.165) is 5.56 Å². The van der Waals surface area contributed by atoms with Gasteiger partial charge in [0.15, 0.2) is 0 Å². The van der Waals surface area contributed by atoms with E-state index in [-0.39, 0.29) is 29.8 Å². The van der Waals surface area contributed by atoms with Gasteiger partial charge in [0.1, 0.15) is 0 Å². The number of nitrogens with one attached hydrogen (secondary N) is 1. The number of aromatic nitrogens is 2. The van der Waals surface area contributed by atoms with E-state index in [1.807, 2.05) is 51.1 Å². The summed E-state index contributed by atoms with van der Waals surface area (Å²) in [5.74, 6) is -0.129. The van der Waals surface area contributed by atoms with Crippen molar-refractivity contribution in [3.05, 3.63) is 53.9 Å². The maximum absolute atomic E-state index is 13.1. The van der Waals surface area contributed by atoms with Crippen molar-refractivity contribution in [3.63, 3.8) is 0 Å². The summed E-state index contributed by atoms with van der Waals surface area (Å²) in [4.78, 5) is 26.9. The minimum absolute atomic E-state index is 0.0328. The molecule has 1 aliphatic rings. The number of hydrogen-bond donors (Lipinski definition) is 1. The zero-order valence-corrected chi connectivity index (χ0v) is 14.9. The number of carbonyl (C=O) groups is 2. The second-order valence-electron chi connectivity index (χ2n) is 7.32. The van der Waals surface area contributed by atoms with Crippen LogP contribution in [0, 0.1) is 0 Å². The van der Waals surface area contributed by atoms with Crippen LogP contribution < -0.4 is 5.32 Å². The van der Waals surface area contributed by atoms with Crippen LogP contribution in [0.15, 0.2) is 42.7 Å². The number of benzene rings is 1. The molecule has 2 heterocycles. The molecule has 1 unspecified atom stereocenters. The van der Waals surface area contributed by atoms with E-state index in [1.54, 1.807) is 22.0 Å². The first kappa shape index (κ1) is 17.2. The molecule has 1 aliphatic heterocycles. The number of nitrogens with zero attached hydrogens (tertiary/aromatic N) is 3. The van der Waals surface area contributed by atoms with Crippen LogP contribution in [0.5, 0.6) is 0 Å². The molecular weight excluding hydrogens is 316 g/mol. The van der Waals surface area contributed by atoms with Crippen molar-refractivity contribution in [2.75, 3.05) is 13.1 Å². The molecule has 0 spiro atoms. The van der Waals surface area contributed by atoms with Crippen LogP contribution in [0.1, 0.15) is 49.2 Å². The monoisotopic (exact) mass is 340 g/mol. The van der Waals surface area contributed by atoms with Gasteiger partial charge < -0.3 is 10.2 Å². The van der Waals surface area contributed by atoms with Crippen LogP contribution >= 0.6 is 0 Å². The topological polar surface area (TPSA) is 67.2 Å². The summed E-state index contributed by atoms with van der Waals surface area (Å²) < 4.78 is 1.79. The Hall–Kier alpha value is -2.63. The molecule has 25 heavy (non-hydrogen) atoms. The average Bonchev–Trinajstić information content (AvgIpc) is 3.00. The standard InChI is InChI=1S/C19H24N4O2/c1-19(2,3)23-13-15(12-21-23)18(25)22-10-9-20-17(24)11-16(22)14-7-5-4-6-8-14/h4-8,12-13,16H,9-11H2,1-3H3,(H,20,24). The summed E-state index contributed by atoms with van der Waals surface area (Å²) in [6.07, 6.45) is 3.66. The fourth-order valence-electron chi connectivity index (χ4n) is 3.01. The van der Waals surface area contributed by atoms with Gasteiger partial charge in [0.05, 0.1) is 29.8 Å². The lowest BCUT2D eigenvalue weighted by Gasteiger charge is -2.29. The van der Waals surface area contributed by atoms with Gasteiger partial charge in [-0.3, -0.25) is 14.3 Å². The largest absolute Gasteiger partial charge is 0.354 e. The zero-order chi connectivity index (χ0) is 18.0.